The van der Waals surface area contributed by atoms with E-state index in [9.17, 15) is 24.7 Å². The standard InChI is InChI=1S/C16H15N7O5S4/c17-15-19-6(3-29-15)9(22-28)12(24)20-10-7-1-2-8(11(14(26)27)23(7)13(10)25)31-5-32-16-21-18-4-30-16/h3-4,7,10,28H,1-2,5H2,(H2,17,19)(H,20,24)(H,26,27)/b22-9-/t7-,10-/m0/s1. The van der Waals surface area contributed by atoms with E-state index < -0.39 is 29.9 Å². The molecule has 0 radical (unpaired) electrons. The van der Waals surface area contributed by atoms with Gasteiger partial charge >= 0.3 is 5.97 Å². The first kappa shape index (κ1) is 22.5. The SMILES string of the molecule is Nc1nc(/C(=N/O)C(=O)N[C@@H]2C(=O)N3C(C(=O)O)=C(SCSc4nncs4)CC[C@@H]23)cs1. The van der Waals surface area contributed by atoms with E-state index in [0.717, 1.165) is 15.7 Å². The lowest BCUT2D eigenvalue weighted by atomic mass is 9.86. The van der Waals surface area contributed by atoms with E-state index in [1.54, 1.807) is 5.51 Å². The molecule has 0 spiro atoms. The van der Waals surface area contributed by atoms with Crippen LogP contribution < -0.4 is 11.1 Å². The van der Waals surface area contributed by atoms with Gasteiger partial charge in [-0.05, 0) is 12.8 Å². The molecule has 168 valence electrons. The third kappa shape index (κ3) is 4.30. The average molecular weight is 514 g/mol. The summed E-state index contributed by atoms with van der Waals surface area (Å²) >= 11 is 5.24. The quantitative estimate of drug-likeness (QED) is 0.0986. The number of carboxylic acid groups (broad SMARTS) is 1. The first-order valence-corrected chi connectivity index (χ1v) is 12.7. The Morgan fingerprint density at radius 2 is 2.19 bits per heavy atom. The van der Waals surface area contributed by atoms with Gasteiger partial charge in [0.05, 0.1) is 11.1 Å². The molecule has 2 aromatic rings. The zero-order valence-electron chi connectivity index (χ0n) is 16.0. The molecule has 2 aliphatic rings. The zero-order chi connectivity index (χ0) is 22.8. The number of hydrogen-bond acceptors (Lipinski definition) is 13. The van der Waals surface area contributed by atoms with Gasteiger partial charge in [-0.25, -0.2) is 9.78 Å². The van der Waals surface area contributed by atoms with Gasteiger partial charge in [-0.3, -0.25) is 14.5 Å². The van der Waals surface area contributed by atoms with Crippen molar-refractivity contribution in [2.45, 2.75) is 29.3 Å². The monoisotopic (exact) mass is 513 g/mol. The summed E-state index contributed by atoms with van der Waals surface area (Å²) in [7, 11) is 0. The molecule has 16 heteroatoms. The fraction of sp³-hybridized carbons (Fsp3) is 0.312. The summed E-state index contributed by atoms with van der Waals surface area (Å²) in [5, 5.41) is 34.3. The second-order valence-corrected chi connectivity index (χ2v) is 10.9. The van der Waals surface area contributed by atoms with Gasteiger partial charge in [0.1, 0.15) is 22.9 Å². The lowest BCUT2D eigenvalue weighted by Crippen LogP contribution is -2.72. The number of thioether (sulfide) groups is 2. The number of nitrogens with two attached hydrogens (primary N) is 1. The van der Waals surface area contributed by atoms with Crippen molar-refractivity contribution < 1.29 is 24.7 Å². The molecule has 0 saturated carbocycles. The molecule has 1 fully saturated rings. The number of nitrogens with one attached hydrogen (secondary N) is 1. The van der Waals surface area contributed by atoms with Crippen molar-refractivity contribution in [3.8, 4) is 0 Å². The van der Waals surface area contributed by atoms with Crippen LogP contribution in [0.25, 0.3) is 0 Å². The highest BCUT2D eigenvalue weighted by molar-refractivity contribution is 8.18. The van der Waals surface area contributed by atoms with Gasteiger partial charge in [-0.1, -0.05) is 28.3 Å². The minimum atomic E-state index is -1.20. The van der Waals surface area contributed by atoms with Gasteiger partial charge < -0.3 is 21.4 Å². The lowest BCUT2D eigenvalue weighted by molar-refractivity contribution is -0.155. The van der Waals surface area contributed by atoms with Crippen LogP contribution in [0.15, 0.2) is 31.0 Å². The van der Waals surface area contributed by atoms with E-state index in [1.807, 2.05) is 0 Å². The Morgan fingerprint density at radius 3 is 2.81 bits per heavy atom. The highest BCUT2D eigenvalue weighted by atomic mass is 32.2. The van der Waals surface area contributed by atoms with E-state index >= 15 is 0 Å². The maximum Gasteiger partial charge on any atom is 0.353 e. The molecule has 2 aliphatic heterocycles. The number of oxime groups is 1. The minimum Gasteiger partial charge on any atom is -0.477 e. The maximum atomic E-state index is 12.8. The number of amides is 2. The van der Waals surface area contributed by atoms with Crippen LogP contribution in [0.3, 0.4) is 0 Å². The third-order valence-electron chi connectivity index (χ3n) is 4.72. The molecule has 0 aromatic carbocycles. The van der Waals surface area contributed by atoms with E-state index in [1.165, 1.54) is 45.1 Å². The zero-order valence-corrected chi connectivity index (χ0v) is 19.3. The van der Waals surface area contributed by atoms with Crippen LogP contribution in [-0.4, -0.2) is 71.1 Å². The van der Waals surface area contributed by atoms with Crippen LogP contribution in [0.4, 0.5) is 5.13 Å². The number of allylic oxidation sites excluding steroid dienone is 1. The Kier molecular flexibility index (Phi) is 6.63. The summed E-state index contributed by atoms with van der Waals surface area (Å²) < 4.78 is 0.773. The fourth-order valence-corrected chi connectivity index (χ4v) is 6.92. The van der Waals surface area contributed by atoms with Crippen molar-refractivity contribution in [3.63, 3.8) is 0 Å². The molecule has 2 amide bonds. The van der Waals surface area contributed by atoms with Crippen LogP contribution >= 0.6 is 46.2 Å². The largest absolute Gasteiger partial charge is 0.477 e. The summed E-state index contributed by atoms with van der Waals surface area (Å²) in [5.41, 5.74) is 6.80. The topological polar surface area (TPSA) is 184 Å². The number of carbonyl (C=O) groups is 3. The predicted molar refractivity (Wildman–Crippen MR) is 120 cm³/mol. The molecule has 32 heavy (non-hydrogen) atoms. The van der Waals surface area contributed by atoms with Gasteiger partial charge in [0.25, 0.3) is 11.8 Å². The Morgan fingerprint density at radius 1 is 1.38 bits per heavy atom. The molecule has 1 saturated heterocycles. The van der Waals surface area contributed by atoms with Crippen molar-refractivity contribution >= 4 is 74.8 Å². The molecule has 0 bridgehead atoms. The number of thiazole rings is 1. The molecular weight excluding hydrogens is 498 g/mol. The number of β-lactam (4-membered cyclic amide) rings is 1. The number of nitrogens with zero attached hydrogens (tertiary/aromatic N) is 5. The van der Waals surface area contributed by atoms with Gasteiger partial charge in [0, 0.05) is 10.3 Å². The molecule has 5 N–H and O–H groups in total. The molecular formula is C16H15N7O5S4. The first-order chi connectivity index (χ1) is 15.4. The number of nitrogen functional groups attached to an aromatic ring is 1. The van der Waals surface area contributed by atoms with E-state index in [4.69, 9.17) is 5.73 Å². The van der Waals surface area contributed by atoms with Gasteiger partial charge in [-0.2, -0.15) is 0 Å². The molecule has 0 unspecified atom stereocenters. The second-order valence-electron chi connectivity index (χ2n) is 6.47. The number of anilines is 1. The molecule has 12 nitrogen and oxygen atoms in total. The number of carboxylic acids is 1. The number of fused-ring (bicyclic) bond motifs is 1. The highest BCUT2D eigenvalue weighted by Gasteiger charge is 2.53. The van der Waals surface area contributed by atoms with Crippen LogP contribution in [0.5, 0.6) is 0 Å². The summed E-state index contributed by atoms with van der Waals surface area (Å²) in [5.74, 6) is -2.54. The molecule has 2 atom stereocenters. The molecule has 4 rings (SSSR count). The van der Waals surface area contributed by atoms with Crippen LogP contribution in [-0.2, 0) is 14.4 Å². The summed E-state index contributed by atoms with van der Waals surface area (Å²) in [6.45, 7) is 0. The maximum absolute atomic E-state index is 12.8. The number of aromatic nitrogens is 3. The predicted octanol–water partition coefficient (Wildman–Crippen LogP) is 1.02. The molecule has 0 aliphatic carbocycles. The van der Waals surface area contributed by atoms with Crippen molar-refractivity contribution in [2.75, 3.05) is 10.8 Å². The normalized spacial score (nSPS) is 20.7. The molecule has 2 aromatic heterocycles. The number of rotatable bonds is 8. The van der Waals surface area contributed by atoms with Crippen LogP contribution in [0.1, 0.15) is 18.5 Å². The van der Waals surface area contributed by atoms with Gasteiger partial charge in [0.2, 0.25) is 0 Å². The first-order valence-electron chi connectivity index (χ1n) is 8.96. The smallest absolute Gasteiger partial charge is 0.353 e. The second kappa shape index (κ2) is 9.43. The fourth-order valence-electron chi connectivity index (χ4n) is 3.36. The Labute approximate surface area is 197 Å². The third-order valence-corrected chi connectivity index (χ3v) is 8.53. The van der Waals surface area contributed by atoms with Crippen molar-refractivity contribution in [1.82, 2.24) is 25.4 Å². The molecule has 4 heterocycles. The highest BCUT2D eigenvalue weighted by Crippen LogP contribution is 2.42. The van der Waals surface area contributed by atoms with Crippen molar-refractivity contribution in [1.29, 1.82) is 0 Å². The number of hydrogen-bond donors (Lipinski definition) is 4. The van der Waals surface area contributed by atoms with Crippen molar-refractivity contribution in [3.05, 3.63) is 27.2 Å². The minimum absolute atomic E-state index is 0.0667. The van der Waals surface area contributed by atoms with Gasteiger partial charge in [-0.15, -0.1) is 33.3 Å². The average Bonchev–Trinajstić information content (AvgIpc) is 3.44. The van der Waals surface area contributed by atoms with Crippen molar-refractivity contribution in [2.24, 2.45) is 5.16 Å². The van der Waals surface area contributed by atoms with E-state index in [2.05, 4.69) is 25.7 Å². The van der Waals surface area contributed by atoms with Crippen LogP contribution in [0, 0.1) is 0 Å². The lowest BCUT2D eigenvalue weighted by Gasteiger charge is -2.50. The Hall–Kier alpha value is -2.69. The summed E-state index contributed by atoms with van der Waals surface area (Å²) in [6.07, 6.45) is 0.932. The number of aliphatic carboxylic acids is 1. The Bertz CT molecular complexity index is 1120. The van der Waals surface area contributed by atoms with Crippen LogP contribution in [0.2, 0.25) is 0 Å². The van der Waals surface area contributed by atoms with E-state index in [0.29, 0.717) is 22.8 Å². The van der Waals surface area contributed by atoms with Gasteiger partial charge in [0.15, 0.2) is 15.2 Å². The summed E-state index contributed by atoms with van der Waals surface area (Å²) in [6, 6.07) is -1.43. The Balaban J connectivity index is 1.44. The van der Waals surface area contributed by atoms with E-state index in [-0.39, 0.29) is 22.2 Å². The number of carbonyl (C=O) groups excluding carboxylic acids is 2. The summed E-state index contributed by atoms with van der Waals surface area (Å²) in [4.78, 5) is 42.9.